The Morgan fingerprint density at radius 2 is 2.15 bits per heavy atom. The van der Waals surface area contributed by atoms with E-state index in [1.165, 1.54) is 0 Å². The van der Waals surface area contributed by atoms with E-state index >= 15 is 0 Å². The van der Waals surface area contributed by atoms with Gasteiger partial charge in [-0.15, -0.1) is 0 Å². The van der Waals surface area contributed by atoms with Gasteiger partial charge in [-0.25, -0.2) is 15.8 Å². The number of anilines is 1. The molecular formula is C13H20N4O2S. The molecule has 0 atom stereocenters. The van der Waals surface area contributed by atoms with Crippen LogP contribution in [0.15, 0.2) is 0 Å². The number of ether oxygens (including phenoxy) is 2. The Bertz CT molecular complexity index is 486. The zero-order valence-electron chi connectivity index (χ0n) is 11.6. The van der Waals surface area contributed by atoms with E-state index in [2.05, 4.69) is 10.4 Å². The Labute approximate surface area is 122 Å². The molecule has 0 aliphatic carbocycles. The van der Waals surface area contributed by atoms with Crippen molar-refractivity contribution in [1.82, 2.24) is 9.97 Å². The smallest absolute Gasteiger partial charge is 0.163 e. The van der Waals surface area contributed by atoms with E-state index in [9.17, 15) is 0 Å². The third-order valence-corrected chi connectivity index (χ3v) is 4.81. The maximum absolute atomic E-state index is 6.04. The summed E-state index contributed by atoms with van der Waals surface area (Å²) in [6.07, 6.45) is 1.58. The maximum Gasteiger partial charge on any atom is 0.163 e. The summed E-state index contributed by atoms with van der Waals surface area (Å²) < 4.78 is 11.5. The van der Waals surface area contributed by atoms with Crippen molar-refractivity contribution in [2.24, 2.45) is 5.84 Å². The maximum atomic E-state index is 6.04. The lowest BCUT2D eigenvalue weighted by molar-refractivity contribution is -0.117. The van der Waals surface area contributed by atoms with Gasteiger partial charge in [-0.3, -0.25) is 0 Å². The van der Waals surface area contributed by atoms with E-state index in [0.717, 1.165) is 47.2 Å². The summed E-state index contributed by atoms with van der Waals surface area (Å²) in [5.41, 5.74) is 4.49. The largest absolute Gasteiger partial charge is 0.381 e. The number of nitrogen functional groups attached to an aromatic ring is 1. The lowest BCUT2D eigenvalue weighted by Gasteiger charge is -2.35. The Balaban J connectivity index is 2.02. The highest BCUT2D eigenvalue weighted by molar-refractivity contribution is 7.98. The zero-order chi connectivity index (χ0) is 14.0. The van der Waals surface area contributed by atoms with E-state index < -0.39 is 5.60 Å². The van der Waals surface area contributed by atoms with Crippen molar-refractivity contribution >= 4 is 17.6 Å². The molecule has 0 bridgehead atoms. The van der Waals surface area contributed by atoms with Gasteiger partial charge in [-0.05, 0) is 6.92 Å². The summed E-state index contributed by atoms with van der Waals surface area (Å²) in [4.78, 5) is 9.40. The first-order chi connectivity index (χ1) is 9.79. The molecule has 3 heterocycles. The van der Waals surface area contributed by atoms with Crippen LogP contribution in [0.1, 0.15) is 36.8 Å². The minimum Gasteiger partial charge on any atom is -0.381 e. The van der Waals surface area contributed by atoms with Crippen LogP contribution in [0.4, 0.5) is 5.82 Å². The molecule has 2 aliphatic heterocycles. The van der Waals surface area contributed by atoms with Crippen LogP contribution < -0.4 is 11.3 Å². The number of thioether (sulfide) groups is 1. The van der Waals surface area contributed by atoms with E-state index in [1.807, 2.05) is 18.7 Å². The summed E-state index contributed by atoms with van der Waals surface area (Å²) >= 11 is 1.84. The van der Waals surface area contributed by atoms with E-state index in [4.69, 9.17) is 20.3 Å². The first kappa shape index (κ1) is 14.1. The van der Waals surface area contributed by atoms with Gasteiger partial charge < -0.3 is 14.9 Å². The van der Waals surface area contributed by atoms with Crippen LogP contribution in [0.25, 0.3) is 0 Å². The van der Waals surface area contributed by atoms with Gasteiger partial charge in [0.05, 0.1) is 5.69 Å². The first-order valence-corrected chi connectivity index (χ1v) is 8.11. The molecule has 1 aromatic heterocycles. The van der Waals surface area contributed by atoms with Gasteiger partial charge in [0.15, 0.2) is 5.82 Å². The Kier molecular flexibility index (Phi) is 4.11. The normalized spacial score (nSPS) is 20.7. The molecule has 0 radical (unpaired) electrons. The molecule has 7 heteroatoms. The quantitative estimate of drug-likeness (QED) is 0.644. The van der Waals surface area contributed by atoms with E-state index in [0.29, 0.717) is 19.8 Å². The number of nitrogens with zero attached hydrogens (tertiary/aromatic N) is 2. The second-order valence-electron chi connectivity index (χ2n) is 5.00. The third kappa shape index (κ3) is 2.39. The zero-order valence-corrected chi connectivity index (χ0v) is 12.5. The number of hydrogen-bond acceptors (Lipinski definition) is 7. The number of nitrogens with two attached hydrogens (primary N) is 1. The molecule has 0 aromatic carbocycles. The lowest BCUT2D eigenvalue weighted by Crippen LogP contribution is -2.39. The highest BCUT2D eigenvalue weighted by Gasteiger charge is 2.39. The number of rotatable bonds is 4. The van der Waals surface area contributed by atoms with Gasteiger partial charge >= 0.3 is 0 Å². The fraction of sp³-hybridized carbons (Fsp3) is 0.692. The molecule has 0 spiro atoms. The van der Waals surface area contributed by atoms with Crippen LogP contribution in [0, 0.1) is 0 Å². The Morgan fingerprint density at radius 1 is 1.35 bits per heavy atom. The molecule has 1 saturated heterocycles. The van der Waals surface area contributed by atoms with E-state index in [1.54, 1.807) is 0 Å². The molecule has 1 aromatic rings. The highest BCUT2D eigenvalue weighted by Crippen LogP contribution is 2.38. The minimum absolute atomic E-state index is 0.430. The van der Waals surface area contributed by atoms with Gasteiger partial charge in [0, 0.05) is 49.7 Å². The van der Waals surface area contributed by atoms with Crippen LogP contribution in [0.3, 0.4) is 0 Å². The van der Waals surface area contributed by atoms with Crippen LogP contribution in [-0.2, 0) is 26.6 Å². The SMILES string of the molecule is CCOC1(c2nc3c(c(NN)n2)CSC3)CCOCC1. The summed E-state index contributed by atoms with van der Waals surface area (Å²) in [6.45, 7) is 4.00. The monoisotopic (exact) mass is 296 g/mol. The molecule has 3 N–H and O–H groups in total. The van der Waals surface area contributed by atoms with Gasteiger partial charge in [0.25, 0.3) is 0 Å². The van der Waals surface area contributed by atoms with Crippen molar-refractivity contribution in [3.05, 3.63) is 17.1 Å². The number of hydrazine groups is 1. The van der Waals surface area contributed by atoms with Crippen LogP contribution in [0.2, 0.25) is 0 Å². The molecule has 0 unspecified atom stereocenters. The third-order valence-electron chi connectivity index (χ3n) is 3.84. The van der Waals surface area contributed by atoms with Crippen molar-refractivity contribution in [3.8, 4) is 0 Å². The van der Waals surface area contributed by atoms with Gasteiger partial charge in [-0.2, -0.15) is 11.8 Å². The average molecular weight is 296 g/mol. The molecule has 0 saturated carbocycles. The van der Waals surface area contributed by atoms with Crippen molar-refractivity contribution in [1.29, 1.82) is 0 Å². The van der Waals surface area contributed by atoms with Crippen molar-refractivity contribution in [2.45, 2.75) is 36.9 Å². The first-order valence-electron chi connectivity index (χ1n) is 6.95. The summed E-state index contributed by atoms with van der Waals surface area (Å²) in [7, 11) is 0. The van der Waals surface area contributed by atoms with Crippen LogP contribution in [0.5, 0.6) is 0 Å². The average Bonchev–Trinajstić information content (AvgIpc) is 2.96. The van der Waals surface area contributed by atoms with Gasteiger partial charge in [0.2, 0.25) is 0 Å². The van der Waals surface area contributed by atoms with E-state index in [-0.39, 0.29) is 0 Å². The minimum atomic E-state index is -0.430. The number of aromatic nitrogens is 2. The summed E-state index contributed by atoms with van der Waals surface area (Å²) in [6, 6.07) is 0. The van der Waals surface area contributed by atoms with Gasteiger partial charge in [-0.1, -0.05) is 0 Å². The second-order valence-corrected chi connectivity index (χ2v) is 5.98. The fourth-order valence-corrected chi connectivity index (χ4v) is 3.83. The molecule has 0 amide bonds. The van der Waals surface area contributed by atoms with Crippen molar-refractivity contribution in [2.75, 3.05) is 25.2 Å². The van der Waals surface area contributed by atoms with Gasteiger partial charge in [0.1, 0.15) is 11.4 Å². The van der Waals surface area contributed by atoms with Crippen molar-refractivity contribution in [3.63, 3.8) is 0 Å². The molecule has 110 valence electrons. The second kappa shape index (κ2) is 5.85. The van der Waals surface area contributed by atoms with Crippen molar-refractivity contribution < 1.29 is 9.47 Å². The number of hydrogen-bond donors (Lipinski definition) is 2. The predicted octanol–water partition coefficient (Wildman–Crippen LogP) is 1.55. The molecule has 2 aliphatic rings. The number of nitrogens with one attached hydrogen (secondary N) is 1. The number of fused-ring (bicyclic) bond motifs is 1. The summed E-state index contributed by atoms with van der Waals surface area (Å²) in [5.74, 6) is 8.94. The van der Waals surface area contributed by atoms with Crippen LogP contribution >= 0.6 is 11.8 Å². The Morgan fingerprint density at radius 3 is 2.85 bits per heavy atom. The molecular weight excluding hydrogens is 276 g/mol. The highest BCUT2D eigenvalue weighted by atomic mass is 32.2. The summed E-state index contributed by atoms with van der Waals surface area (Å²) in [5, 5.41) is 0. The molecule has 1 fully saturated rings. The predicted molar refractivity (Wildman–Crippen MR) is 78.2 cm³/mol. The molecule has 6 nitrogen and oxygen atoms in total. The van der Waals surface area contributed by atoms with Crippen LogP contribution in [-0.4, -0.2) is 29.8 Å². The topological polar surface area (TPSA) is 82.3 Å². The molecule has 20 heavy (non-hydrogen) atoms. The molecule has 3 rings (SSSR count). The Hall–Kier alpha value is -0.890. The fourth-order valence-electron chi connectivity index (χ4n) is 2.78. The standard InChI is InChI=1S/C13H20N4O2S/c1-2-19-13(3-5-18-6-4-13)12-15-10-8-20-7-9(10)11(16-12)17-14/h2-8,14H2,1H3,(H,15,16,17). The lowest BCUT2D eigenvalue weighted by atomic mass is 9.92.